The number of hydrogen-bond donors (Lipinski definition) is 8. The third kappa shape index (κ3) is 10.7. The number of nitrogen functional groups attached to an aromatic ring is 1. The summed E-state index contributed by atoms with van der Waals surface area (Å²) < 4.78 is 5.23. The molecule has 0 radical (unpaired) electrons. The van der Waals surface area contributed by atoms with Gasteiger partial charge in [-0.3, -0.25) is 4.79 Å². The number of fused-ring (bicyclic) bond motifs is 2. The van der Waals surface area contributed by atoms with Gasteiger partial charge in [0, 0.05) is 11.4 Å². The maximum atomic E-state index is 12.5. The molecule has 0 aliphatic rings. The highest BCUT2D eigenvalue weighted by Gasteiger charge is 2.17. The van der Waals surface area contributed by atoms with Crippen LogP contribution in [0.25, 0.3) is 21.5 Å². The van der Waals surface area contributed by atoms with Crippen LogP contribution in [0.15, 0.2) is 140 Å². The number of aromatic hydroxyl groups is 2. The number of benzene rings is 7. The third-order valence-corrected chi connectivity index (χ3v) is 8.28. The molecule has 7 rings (SSSR count). The van der Waals surface area contributed by atoms with Gasteiger partial charge < -0.3 is 46.4 Å². The second-order valence-corrected chi connectivity index (χ2v) is 12.5. The minimum Gasteiger partial charge on any atom is -0.507 e. The average molecular weight is 797 g/mol. The molecule has 0 fully saturated rings. The summed E-state index contributed by atoms with van der Waals surface area (Å²) in [5.74, 6) is -6.17. The van der Waals surface area contributed by atoms with E-state index in [1.54, 1.807) is 60.7 Å². The van der Waals surface area contributed by atoms with Crippen molar-refractivity contribution in [2.75, 3.05) is 11.1 Å². The van der Waals surface area contributed by atoms with Gasteiger partial charge in [0.15, 0.2) is 0 Å². The number of aromatic carboxylic acids is 4. The molecule has 7 aromatic rings. The molecule has 0 bridgehead atoms. The highest BCUT2D eigenvalue weighted by molar-refractivity contribution is 6.09. The summed E-state index contributed by atoms with van der Waals surface area (Å²) in [5, 5.41) is 61.0. The Morgan fingerprint density at radius 2 is 0.831 bits per heavy atom. The first-order valence-electron chi connectivity index (χ1n) is 17.1. The van der Waals surface area contributed by atoms with Crippen molar-refractivity contribution in [3.05, 3.63) is 173 Å². The van der Waals surface area contributed by atoms with Gasteiger partial charge in [-0.1, -0.05) is 66.7 Å². The number of nitrogens with two attached hydrogens (primary N) is 1. The summed E-state index contributed by atoms with van der Waals surface area (Å²) >= 11 is 0. The normalized spacial score (nSPS) is 10.2. The van der Waals surface area contributed by atoms with Crippen molar-refractivity contribution < 1.29 is 64.1 Å². The molecule has 0 aliphatic heterocycles. The van der Waals surface area contributed by atoms with Gasteiger partial charge in [0.2, 0.25) is 0 Å². The zero-order chi connectivity index (χ0) is 42.8. The van der Waals surface area contributed by atoms with E-state index in [2.05, 4.69) is 5.32 Å². The van der Waals surface area contributed by atoms with Crippen LogP contribution in [0.1, 0.15) is 62.1 Å². The molecule has 15 nitrogen and oxygen atoms in total. The number of anilines is 2. The first-order chi connectivity index (χ1) is 28.1. The lowest BCUT2D eigenvalue weighted by Gasteiger charge is -2.10. The average Bonchev–Trinajstić information content (AvgIpc) is 3.20. The van der Waals surface area contributed by atoms with E-state index in [1.807, 2.05) is 30.3 Å². The van der Waals surface area contributed by atoms with Crippen molar-refractivity contribution in [3.8, 4) is 17.2 Å². The van der Waals surface area contributed by atoms with Crippen molar-refractivity contribution in [1.29, 1.82) is 0 Å². The summed E-state index contributed by atoms with van der Waals surface area (Å²) in [6.45, 7) is 0. The fourth-order valence-corrected chi connectivity index (χ4v) is 5.50. The second kappa shape index (κ2) is 18.3. The monoisotopic (exact) mass is 796 g/mol. The van der Waals surface area contributed by atoms with Crippen LogP contribution in [0.5, 0.6) is 17.2 Å². The van der Waals surface area contributed by atoms with Gasteiger partial charge in [-0.25, -0.2) is 24.0 Å². The van der Waals surface area contributed by atoms with E-state index >= 15 is 0 Å². The van der Waals surface area contributed by atoms with Gasteiger partial charge in [0.25, 0.3) is 5.91 Å². The lowest BCUT2D eigenvalue weighted by Crippen LogP contribution is -2.14. The largest absolute Gasteiger partial charge is 0.507 e. The Labute approximate surface area is 333 Å². The van der Waals surface area contributed by atoms with Crippen LogP contribution in [0, 0.1) is 0 Å². The Morgan fingerprint density at radius 1 is 0.458 bits per heavy atom. The second-order valence-electron chi connectivity index (χ2n) is 12.5. The van der Waals surface area contributed by atoms with Crippen molar-refractivity contribution in [3.63, 3.8) is 0 Å². The molecule has 0 unspecified atom stereocenters. The smallest absolute Gasteiger partial charge is 0.347 e. The van der Waals surface area contributed by atoms with Gasteiger partial charge in [0.05, 0.1) is 27.8 Å². The number of carbonyl (C=O) groups excluding carboxylic acids is 2. The number of phenolic OH excluding ortho intramolecular Hbond substituents is 2. The van der Waals surface area contributed by atoms with Crippen molar-refractivity contribution in [2.24, 2.45) is 0 Å². The summed E-state index contributed by atoms with van der Waals surface area (Å²) in [6.07, 6.45) is 0. The number of carboxylic acids is 4. The number of phenols is 2. The van der Waals surface area contributed by atoms with Gasteiger partial charge in [-0.2, -0.15) is 0 Å². The van der Waals surface area contributed by atoms with E-state index in [0.717, 1.165) is 45.8 Å². The van der Waals surface area contributed by atoms with Crippen molar-refractivity contribution in [2.45, 2.75) is 0 Å². The molecule has 1 amide bonds. The molecule has 0 heterocycles. The Hall–Kier alpha value is -8.72. The molecule has 59 heavy (non-hydrogen) atoms. The summed E-state index contributed by atoms with van der Waals surface area (Å²) in [4.78, 5) is 67.8. The van der Waals surface area contributed by atoms with Gasteiger partial charge >= 0.3 is 29.8 Å². The minimum atomic E-state index is -1.32. The molecule has 0 aliphatic carbocycles. The van der Waals surface area contributed by atoms with Crippen LogP contribution >= 0.6 is 0 Å². The summed E-state index contributed by atoms with van der Waals surface area (Å²) in [5.41, 5.74) is 4.77. The molecule has 0 saturated heterocycles. The maximum absolute atomic E-state index is 12.5. The van der Waals surface area contributed by atoms with Gasteiger partial charge in [0.1, 0.15) is 22.8 Å². The molecule has 0 spiro atoms. The summed E-state index contributed by atoms with van der Waals surface area (Å²) in [6, 6.07) is 36.3. The van der Waals surface area contributed by atoms with Crippen molar-refractivity contribution in [1.82, 2.24) is 0 Å². The molecule has 15 heteroatoms. The summed E-state index contributed by atoms with van der Waals surface area (Å²) in [7, 11) is 0. The fraction of sp³-hybridized carbons (Fsp3) is 0. The van der Waals surface area contributed by atoms with Crippen LogP contribution < -0.4 is 15.8 Å². The molecule has 0 saturated carbocycles. The number of hydrogen-bond acceptors (Lipinski definition) is 10. The predicted octanol–water partition coefficient (Wildman–Crippen LogP) is 7.62. The number of esters is 1. The van der Waals surface area contributed by atoms with E-state index in [-0.39, 0.29) is 56.3 Å². The van der Waals surface area contributed by atoms with Crippen LogP contribution in [-0.2, 0) is 0 Å². The van der Waals surface area contributed by atoms with Gasteiger partial charge in [-0.15, -0.1) is 0 Å². The van der Waals surface area contributed by atoms with Crippen LogP contribution in [-0.4, -0.2) is 66.4 Å². The topological polar surface area (TPSA) is 271 Å². The van der Waals surface area contributed by atoms with Crippen LogP contribution in [0.2, 0.25) is 0 Å². The first kappa shape index (κ1) is 41.4. The van der Waals surface area contributed by atoms with E-state index in [1.165, 1.54) is 24.3 Å². The fourth-order valence-electron chi connectivity index (χ4n) is 5.50. The number of carbonyl (C=O) groups is 6. The van der Waals surface area contributed by atoms with Crippen LogP contribution in [0.3, 0.4) is 0 Å². The first-order valence-corrected chi connectivity index (χ1v) is 17.1. The van der Waals surface area contributed by atoms with E-state index in [9.17, 15) is 39.0 Å². The van der Waals surface area contributed by atoms with Gasteiger partial charge in [-0.05, 0) is 94.3 Å². The Morgan fingerprint density at radius 3 is 1.27 bits per heavy atom. The highest BCUT2D eigenvalue weighted by atomic mass is 16.5. The lowest BCUT2D eigenvalue weighted by molar-refractivity contribution is 0.0676. The lowest BCUT2D eigenvalue weighted by atomic mass is 10.0. The highest BCUT2D eigenvalue weighted by Crippen LogP contribution is 2.28. The van der Waals surface area contributed by atoms with E-state index in [4.69, 9.17) is 30.9 Å². The Bertz CT molecular complexity index is 2700. The predicted molar refractivity (Wildman–Crippen MR) is 216 cm³/mol. The number of rotatable bonds is 8. The molecule has 0 aromatic heterocycles. The SMILES string of the molecule is Nc1cc(C(=O)O)cc(C(=O)O)c1.O=C(O)c1cc(NC(=O)c2cc3ccccc3cc2O)cc(C(=O)O)c1.O=C(Oc1ccccc1)c1cc2ccccc2cc1O. The quantitative estimate of drug-likeness (QED) is 0.0417. The maximum Gasteiger partial charge on any atom is 0.347 e. The number of carboxylic acid groups (broad SMARTS) is 4. The number of ether oxygens (including phenoxy) is 1. The van der Waals surface area contributed by atoms with E-state index in [0.29, 0.717) is 5.75 Å². The molecular weight excluding hydrogens is 764 g/mol. The van der Waals surface area contributed by atoms with Crippen LogP contribution in [0.4, 0.5) is 11.4 Å². The molecular formula is C44H32N2O13. The Kier molecular flexibility index (Phi) is 12.8. The number of para-hydroxylation sites is 1. The molecule has 296 valence electrons. The molecule has 9 N–H and O–H groups in total. The standard InChI is InChI=1S/C19H13NO6.C17H12O3.C8H7NO4/c21-16-9-11-4-2-1-3-10(11)8-15(16)17(22)20-14-6-12(18(23)24)5-13(7-14)19(25)26;18-16-11-13-7-5-4-6-12(13)10-15(16)17(19)20-14-8-2-1-3-9-14;9-6-2-4(7(10)11)1-5(3-6)8(12)13/h1-9,21H,(H,20,22)(H,23,24)(H,25,26);1-11,18H;1-3H,9H2,(H,10,11)(H,12,13). The minimum absolute atomic E-state index is 0.000131. The third-order valence-electron chi connectivity index (χ3n) is 8.28. The molecule has 0 atom stereocenters. The van der Waals surface area contributed by atoms with E-state index < -0.39 is 35.8 Å². The zero-order valence-corrected chi connectivity index (χ0v) is 30.4. The van der Waals surface area contributed by atoms with Crippen molar-refractivity contribution >= 4 is 68.7 Å². The number of amides is 1. The zero-order valence-electron chi connectivity index (χ0n) is 30.4. The number of nitrogens with one attached hydrogen (secondary N) is 1. The molecule has 7 aromatic carbocycles. The Balaban J connectivity index is 0.000000178.